The van der Waals surface area contributed by atoms with Gasteiger partial charge in [0.15, 0.2) is 5.65 Å². The van der Waals surface area contributed by atoms with Gasteiger partial charge in [-0.2, -0.15) is 0 Å². The zero-order valence-electron chi connectivity index (χ0n) is 17.1. The Morgan fingerprint density at radius 3 is 2.74 bits per heavy atom. The standard InChI is InChI=1S/C24H22N4O3/c1-31-20-4-2-3-17(12-20)21-14-25-28-22(29)13-19(26-23(21)28)11-15-5-9-18(10-6-15)27-24(30)16-7-8-16/h2-6,9-10,12-14,16,25H,7-8,11H2,1H3,(H,27,30). The van der Waals surface area contributed by atoms with Gasteiger partial charge in [-0.15, -0.1) is 0 Å². The number of methoxy groups -OCH3 is 1. The molecule has 1 aliphatic rings. The van der Waals surface area contributed by atoms with Gasteiger partial charge in [-0.3, -0.25) is 14.7 Å². The zero-order chi connectivity index (χ0) is 21.4. The smallest absolute Gasteiger partial charge is 0.272 e. The highest BCUT2D eigenvalue weighted by Crippen LogP contribution is 2.30. The van der Waals surface area contributed by atoms with Gasteiger partial charge in [0, 0.05) is 35.9 Å². The molecule has 2 heterocycles. The minimum absolute atomic E-state index is 0.0884. The van der Waals surface area contributed by atoms with Gasteiger partial charge in [-0.25, -0.2) is 9.50 Å². The van der Waals surface area contributed by atoms with Gasteiger partial charge in [-0.05, 0) is 48.2 Å². The van der Waals surface area contributed by atoms with Crippen molar-refractivity contribution >= 4 is 17.2 Å². The summed E-state index contributed by atoms with van der Waals surface area (Å²) in [5.41, 5.74) is 4.64. The van der Waals surface area contributed by atoms with Crippen molar-refractivity contribution in [2.75, 3.05) is 12.4 Å². The van der Waals surface area contributed by atoms with E-state index in [4.69, 9.17) is 9.72 Å². The van der Waals surface area contributed by atoms with Crippen molar-refractivity contribution in [3.63, 3.8) is 0 Å². The number of amides is 1. The molecule has 0 unspecified atom stereocenters. The number of H-pyrrole nitrogens is 1. The molecule has 5 rings (SSSR count). The van der Waals surface area contributed by atoms with Crippen LogP contribution in [0, 0.1) is 5.92 Å². The number of carbonyl (C=O) groups excluding carboxylic acids is 1. The number of nitrogens with one attached hydrogen (secondary N) is 2. The maximum atomic E-state index is 12.6. The second kappa shape index (κ2) is 7.75. The largest absolute Gasteiger partial charge is 0.497 e. The number of benzene rings is 2. The van der Waals surface area contributed by atoms with Crippen molar-refractivity contribution < 1.29 is 9.53 Å². The van der Waals surface area contributed by atoms with E-state index in [9.17, 15) is 9.59 Å². The van der Waals surface area contributed by atoms with Crippen LogP contribution in [0.15, 0.2) is 65.6 Å². The lowest BCUT2D eigenvalue weighted by Crippen LogP contribution is -2.15. The maximum Gasteiger partial charge on any atom is 0.272 e. The van der Waals surface area contributed by atoms with Crippen LogP contribution in [0.5, 0.6) is 5.75 Å². The quantitative estimate of drug-likeness (QED) is 0.504. The monoisotopic (exact) mass is 414 g/mol. The summed E-state index contributed by atoms with van der Waals surface area (Å²) in [5.74, 6) is 0.998. The molecule has 1 aliphatic carbocycles. The third-order valence-electron chi connectivity index (χ3n) is 5.49. The number of rotatable bonds is 6. The zero-order valence-corrected chi connectivity index (χ0v) is 17.1. The SMILES string of the molecule is COc1cccc(-c2c[nH]n3c(=O)cc(Cc4ccc(NC(=O)C5CC5)cc4)nc23)c1. The molecular weight excluding hydrogens is 392 g/mol. The van der Waals surface area contributed by atoms with Gasteiger partial charge < -0.3 is 10.1 Å². The van der Waals surface area contributed by atoms with Crippen LogP contribution in [0.2, 0.25) is 0 Å². The number of nitrogens with zero attached hydrogens (tertiary/aromatic N) is 2. The van der Waals surface area contributed by atoms with E-state index in [0.29, 0.717) is 17.8 Å². The molecule has 0 radical (unpaired) electrons. The van der Waals surface area contributed by atoms with E-state index in [1.165, 1.54) is 4.52 Å². The predicted molar refractivity (Wildman–Crippen MR) is 118 cm³/mol. The summed E-state index contributed by atoms with van der Waals surface area (Å²) >= 11 is 0. The predicted octanol–water partition coefficient (Wildman–Crippen LogP) is 3.64. The van der Waals surface area contributed by atoms with Crippen LogP contribution in [0.25, 0.3) is 16.8 Å². The third-order valence-corrected chi connectivity index (χ3v) is 5.49. The number of aromatic amines is 1. The van der Waals surface area contributed by atoms with Gasteiger partial charge in [0.25, 0.3) is 5.56 Å². The molecule has 4 aromatic rings. The second-order valence-electron chi connectivity index (χ2n) is 7.80. The van der Waals surface area contributed by atoms with Crippen LogP contribution in [-0.2, 0) is 11.2 Å². The lowest BCUT2D eigenvalue weighted by atomic mass is 10.1. The number of hydrogen-bond acceptors (Lipinski definition) is 4. The summed E-state index contributed by atoms with van der Waals surface area (Å²) in [4.78, 5) is 29.3. The fourth-order valence-electron chi connectivity index (χ4n) is 3.63. The highest BCUT2D eigenvalue weighted by molar-refractivity contribution is 5.94. The molecule has 31 heavy (non-hydrogen) atoms. The molecule has 0 aliphatic heterocycles. The fourth-order valence-corrected chi connectivity index (χ4v) is 3.63. The van der Waals surface area contributed by atoms with Gasteiger partial charge in [0.05, 0.1) is 12.8 Å². The van der Waals surface area contributed by atoms with Crippen LogP contribution < -0.4 is 15.6 Å². The minimum atomic E-state index is -0.164. The Kier molecular flexibility index (Phi) is 4.78. The highest BCUT2D eigenvalue weighted by Gasteiger charge is 2.29. The third kappa shape index (κ3) is 3.94. The number of aromatic nitrogens is 3. The Morgan fingerprint density at radius 2 is 2.00 bits per heavy atom. The first-order chi connectivity index (χ1) is 15.1. The summed E-state index contributed by atoms with van der Waals surface area (Å²) in [5, 5.41) is 5.92. The fraction of sp³-hybridized carbons (Fsp3) is 0.208. The Labute approximate surface area is 178 Å². The average molecular weight is 414 g/mol. The highest BCUT2D eigenvalue weighted by atomic mass is 16.5. The van der Waals surface area contributed by atoms with Crippen molar-refractivity contribution in [3.8, 4) is 16.9 Å². The normalized spacial score (nSPS) is 13.3. The van der Waals surface area contributed by atoms with Gasteiger partial charge in [0.1, 0.15) is 5.75 Å². The summed E-state index contributed by atoms with van der Waals surface area (Å²) in [6, 6.07) is 16.9. The Hall–Kier alpha value is -3.87. The molecule has 1 saturated carbocycles. The van der Waals surface area contributed by atoms with E-state index in [1.807, 2.05) is 48.5 Å². The van der Waals surface area contributed by atoms with Crippen LogP contribution in [0.3, 0.4) is 0 Å². The number of hydrogen-bond donors (Lipinski definition) is 2. The Bertz CT molecular complexity index is 1320. The first kappa shape index (κ1) is 19.1. The topological polar surface area (TPSA) is 88.5 Å². The molecule has 2 aromatic heterocycles. The number of ether oxygens (including phenoxy) is 1. The van der Waals surface area contributed by atoms with Crippen molar-refractivity contribution in [1.29, 1.82) is 0 Å². The minimum Gasteiger partial charge on any atom is -0.497 e. The van der Waals surface area contributed by atoms with Crippen molar-refractivity contribution in [1.82, 2.24) is 14.6 Å². The molecule has 0 bridgehead atoms. The molecule has 7 nitrogen and oxygen atoms in total. The summed E-state index contributed by atoms with van der Waals surface area (Å²) in [6.07, 6.45) is 4.25. The molecule has 156 valence electrons. The summed E-state index contributed by atoms with van der Waals surface area (Å²) in [7, 11) is 1.62. The van der Waals surface area contributed by atoms with E-state index < -0.39 is 0 Å². The van der Waals surface area contributed by atoms with Crippen LogP contribution in [0.1, 0.15) is 24.1 Å². The van der Waals surface area contributed by atoms with Gasteiger partial charge in [-0.1, -0.05) is 24.3 Å². The molecule has 0 atom stereocenters. The maximum absolute atomic E-state index is 12.6. The second-order valence-corrected chi connectivity index (χ2v) is 7.80. The van der Waals surface area contributed by atoms with Gasteiger partial charge >= 0.3 is 0 Å². The van der Waals surface area contributed by atoms with Crippen molar-refractivity contribution in [2.24, 2.45) is 5.92 Å². The first-order valence-corrected chi connectivity index (χ1v) is 10.2. The van der Waals surface area contributed by atoms with Crippen molar-refractivity contribution in [2.45, 2.75) is 19.3 Å². The summed E-state index contributed by atoms with van der Waals surface area (Å²) < 4.78 is 6.76. The number of fused-ring (bicyclic) bond motifs is 1. The molecule has 1 fully saturated rings. The molecule has 2 aromatic carbocycles. The summed E-state index contributed by atoms with van der Waals surface area (Å²) in [6.45, 7) is 0. The van der Waals surface area contributed by atoms with Crippen LogP contribution in [0.4, 0.5) is 5.69 Å². The van der Waals surface area contributed by atoms with Crippen LogP contribution in [-0.4, -0.2) is 27.6 Å². The van der Waals surface area contributed by atoms with E-state index in [0.717, 1.165) is 41.0 Å². The van der Waals surface area contributed by atoms with E-state index in [1.54, 1.807) is 19.4 Å². The Balaban J connectivity index is 1.42. The molecule has 0 saturated heterocycles. The molecule has 1 amide bonds. The molecular formula is C24H22N4O3. The van der Waals surface area contributed by atoms with E-state index in [-0.39, 0.29) is 17.4 Å². The number of carbonyl (C=O) groups is 1. The molecule has 0 spiro atoms. The van der Waals surface area contributed by atoms with E-state index >= 15 is 0 Å². The van der Waals surface area contributed by atoms with Gasteiger partial charge in [0.2, 0.25) is 5.91 Å². The first-order valence-electron chi connectivity index (χ1n) is 10.2. The number of anilines is 1. The molecule has 2 N–H and O–H groups in total. The van der Waals surface area contributed by atoms with Crippen LogP contribution >= 0.6 is 0 Å². The molecule has 7 heteroatoms. The average Bonchev–Trinajstić information content (AvgIpc) is 3.55. The lowest BCUT2D eigenvalue weighted by molar-refractivity contribution is -0.117. The lowest BCUT2D eigenvalue weighted by Gasteiger charge is -2.07. The van der Waals surface area contributed by atoms with Crippen molar-refractivity contribution in [3.05, 3.63) is 82.4 Å². The Morgan fingerprint density at radius 1 is 1.19 bits per heavy atom. The van der Waals surface area contributed by atoms with E-state index in [2.05, 4.69) is 10.4 Å².